The quantitative estimate of drug-likeness (QED) is 0.831. The number of nitrogens with zero attached hydrogens (tertiary/aromatic N) is 2. The lowest BCUT2D eigenvalue weighted by Crippen LogP contribution is -2.43. The summed E-state index contributed by atoms with van der Waals surface area (Å²) in [6.07, 6.45) is 1.40. The van der Waals surface area contributed by atoms with E-state index in [-0.39, 0.29) is 17.1 Å². The van der Waals surface area contributed by atoms with Crippen molar-refractivity contribution in [3.05, 3.63) is 35.6 Å². The number of likely N-dealkylation sites (tertiary alicyclic amines) is 1. The second-order valence-electron chi connectivity index (χ2n) is 6.66. The second-order valence-corrected chi connectivity index (χ2v) is 6.66. The van der Waals surface area contributed by atoms with Crippen molar-refractivity contribution in [1.29, 1.82) is 0 Å². The van der Waals surface area contributed by atoms with Crippen LogP contribution in [0.3, 0.4) is 0 Å². The van der Waals surface area contributed by atoms with E-state index in [2.05, 4.69) is 11.9 Å². The number of halogens is 1. The van der Waals surface area contributed by atoms with E-state index >= 15 is 0 Å². The molecule has 1 atom stereocenters. The Labute approximate surface area is 130 Å². The van der Waals surface area contributed by atoms with Gasteiger partial charge in [-0.2, -0.15) is 0 Å². The highest BCUT2D eigenvalue weighted by molar-refractivity contribution is 5.78. The van der Waals surface area contributed by atoms with Gasteiger partial charge in [0.25, 0.3) is 0 Å². The molecule has 0 aliphatic carbocycles. The molecule has 0 saturated carbocycles. The molecular weight excluding hydrogens is 283 g/mol. The van der Waals surface area contributed by atoms with Gasteiger partial charge in [0.15, 0.2) is 0 Å². The maximum absolute atomic E-state index is 13.0. The lowest BCUT2D eigenvalue weighted by atomic mass is 9.87. The first-order valence-electron chi connectivity index (χ1n) is 7.85. The van der Waals surface area contributed by atoms with Crippen molar-refractivity contribution in [1.82, 2.24) is 9.80 Å². The van der Waals surface area contributed by atoms with Crippen LogP contribution in [-0.4, -0.2) is 62.1 Å². The van der Waals surface area contributed by atoms with E-state index in [4.69, 9.17) is 4.74 Å². The monoisotopic (exact) mass is 306 g/mol. The highest BCUT2D eigenvalue weighted by Crippen LogP contribution is 2.32. The zero-order valence-electron chi connectivity index (χ0n) is 13.1. The van der Waals surface area contributed by atoms with Gasteiger partial charge in [0.05, 0.1) is 19.6 Å². The van der Waals surface area contributed by atoms with E-state index in [1.54, 1.807) is 12.1 Å². The summed E-state index contributed by atoms with van der Waals surface area (Å²) < 4.78 is 18.7. The molecule has 1 aromatic carbocycles. The number of hydrogen-bond acceptors (Lipinski definition) is 3. The van der Waals surface area contributed by atoms with Crippen LogP contribution in [0.2, 0.25) is 0 Å². The molecule has 2 fully saturated rings. The first-order chi connectivity index (χ1) is 10.6. The summed E-state index contributed by atoms with van der Waals surface area (Å²) in [6.45, 7) is 4.78. The van der Waals surface area contributed by atoms with Gasteiger partial charge in [0, 0.05) is 25.0 Å². The molecule has 1 aromatic rings. The molecule has 0 unspecified atom stereocenters. The van der Waals surface area contributed by atoms with Crippen LogP contribution in [-0.2, 0) is 16.0 Å². The van der Waals surface area contributed by atoms with Crippen LogP contribution in [0.1, 0.15) is 12.0 Å². The van der Waals surface area contributed by atoms with E-state index in [0.29, 0.717) is 19.6 Å². The Morgan fingerprint density at radius 2 is 2.05 bits per heavy atom. The van der Waals surface area contributed by atoms with Crippen LogP contribution in [0.5, 0.6) is 0 Å². The van der Waals surface area contributed by atoms with Crippen LogP contribution in [0.4, 0.5) is 4.39 Å². The predicted molar refractivity (Wildman–Crippen MR) is 82.1 cm³/mol. The van der Waals surface area contributed by atoms with Crippen LogP contribution in [0.25, 0.3) is 0 Å². The van der Waals surface area contributed by atoms with Gasteiger partial charge in [-0.05, 0) is 37.7 Å². The van der Waals surface area contributed by atoms with E-state index < -0.39 is 0 Å². The molecule has 0 radical (unpaired) electrons. The van der Waals surface area contributed by atoms with Gasteiger partial charge in [-0.1, -0.05) is 12.1 Å². The summed E-state index contributed by atoms with van der Waals surface area (Å²) in [6, 6.07) is 6.17. The topological polar surface area (TPSA) is 32.8 Å². The Bertz CT molecular complexity index is 534. The summed E-state index contributed by atoms with van der Waals surface area (Å²) >= 11 is 0. The SMILES string of the molecule is CN1CC[C@]2(COCCN(C(=O)Cc3ccc(F)cc3)C2)C1. The fraction of sp³-hybridized carbons (Fsp3) is 0.588. The Morgan fingerprint density at radius 1 is 1.27 bits per heavy atom. The first-order valence-corrected chi connectivity index (χ1v) is 7.85. The number of hydrogen-bond donors (Lipinski definition) is 0. The minimum Gasteiger partial charge on any atom is -0.379 e. The van der Waals surface area contributed by atoms with Crippen molar-refractivity contribution < 1.29 is 13.9 Å². The van der Waals surface area contributed by atoms with E-state index in [1.165, 1.54) is 12.1 Å². The fourth-order valence-electron chi connectivity index (χ4n) is 3.50. The predicted octanol–water partition coefficient (Wildman–Crippen LogP) is 1.55. The highest BCUT2D eigenvalue weighted by atomic mass is 19.1. The van der Waals surface area contributed by atoms with Crippen LogP contribution in [0, 0.1) is 11.2 Å². The average molecular weight is 306 g/mol. The summed E-state index contributed by atoms with van der Waals surface area (Å²) in [5, 5.41) is 0. The van der Waals surface area contributed by atoms with E-state index in [0.717, 1.165) is 38.2 Å². The van der Waals surface area contributed by atoms with Crippen LogP contribution in [0.15, 0.2) is 24.3 Å². The van der Waals surface area contributed by atoms with Crippen molar-refractivity contribution in [2.75, 3.05) is 46.4 Å². The van der Waals surface area contributed by atoms with Gasteiger partial charge in [0.2, 0.25) is 5.91 Å². The summed E-state index contributed by atoms with van der Waals surface area (Å²) in [5.74, 6) is -0.168. The first kappa shape index (κ1) is 15.4. The van der Waals surface area contributed by atoms with Gasteiger partial charge >= 0.3 is 0 Å². The number of ether oxygens (including phenoxy) is 1. The smallest absolute Gasteiger partial charge is 0.227 e. The van der Waals surface area contributed by atoms with Gasteiger partial charge < -0.3 is 14.5 Å². The van der Waals surface area contributed by atoms with Gasteiger partial charge in [-0.3, -0.25) is 4.79 Å². The highest BCUT2D eigenvalue weighted by Gasteiger charge is 2.40. The standard InChI is InChI=1S/C17H23FN2O2/c1-19-7-6-17(11-19)12-20(8-9-22-13-17)16(21)10-14-2-4-15(18)5-3-14/h2-5H,6-13H2,1H3/t17-/m0/s1. The van der Waals surface area contributed by atoms with Gasteiger partial charge in [0.1, 0.15) is 5.82 Å². The van der Waals surface area contributed by atoms with Crippen molar-refractivity contribution in [3.63, 3.8) is 0 Å². The number of carbonyl (C=O) groups is 1. The van der Waals surface area contributed by atoms with Crippen LogP contribution >= 0.6 is 0 Å². The molecule has 2 aliphatic rings. The molecular formula is C17H23FN2O2. The fourth-order valence-corrected chi connectivity index (χ4v) is 3.50. The van der Waals surface area contributed by atoms with E-state index in [1.807, 2.05) is 4.90 Å². The minimum atomic E-state index is -0.271. The largest absolute Gasteiger partial charge is 0.379 e. The number of amides is 1. The second kappa shape index (κ2) is 6.34. The van der Waals surface area contributed by atoms with Crippen molar-refractivity contribution in [3.8, 4) is 0 Å². The third-order valence-corrected chi connectivity index (χ3v) is 4.69. The third-order valence-electron chi connectivity index (χ3n) is 4.69. The summed E-state index contributed by atoms with van der Waals surface area (Å²) in [5.41, 5.74) is 0.929. The molecule has 1 amide bonds. The Balaban J connectivity index is 1.67. The minimum absolute atomic E-state index is 0.0731. The Hall–Kier alpha value is -1.46. The molecule has 1 spiro atoms. The zero-order chi connectivity index (χ0) is 15.6. The normalized spacial score (nSPS) is 26.4. The molecule has 2 aliphatic heterocycles. The van der Waals surface area contributed by atoms with E-state index in [9.17, 15) is 9.18 Å². The maximum Gasteiger partial charge on any atom is 0.227 e. The third kappa shape index (κ3) is 3.47. The van der Waals surface area contributed by atoms with Crippen molar-refractivity contribution in [2.24, 2.45) is 5.41 Å². The zero-order valence-corrected chi connectivity index (χ0v) is 13.1. The van der Waals surface area contributed by atoms with Crippen molar-refractivity contribution in [2.45, 2.75) is 12.8 Å². The number of rotatable bonds is 2. The summed E-state index contributed by atoms with van der Waals surface area (Å²) in [4.78, 5) is 16.8. The lowest BCUT2D eigenvalue weighted by molar-refractivity contribution is -0.131. The molecule has 0 aromatic heterocycles. The van der Waals surface area contributed by atoms with Crippen molar-refractivity contribution >= 4 is 5.91 Å². The van der Waals surface area contributed by atoms with Crippen LogP contribution < -0.4 is 0 Å². The molecule has 3 rings (SSSR count). The molecule has 0 N–H and O–H groups in total. The molecule has 2 heterocycles. The lowest BCUT2D eigenvalue weighted by Gasteiger charge is -2.31. The molecule has 4 nitrogen and oxygen atoms in total. The number of benzene rings is 1. The molecule has 22 heavy (non-hydrogen) atoms. The Morgan fingerprint density at radius 3 is 2.73 bits per heavy atom. The van der Waals surface area contributed by atoms with Gasteiger partial charge in [-0.15, -0.1) is 0 Å². The van der Waals surface area contributed by atoms with Gasteiger partial charge in [-0.25, -0.2) is 4.39 Å². The molecule has 5 heteroatoms. The molecule has 0 bridgehead atoms. The molecule has 2 saturated heterocycles. The molecule has 120 valence electrons. The average Bonchev–Trinajstić information content (AvgIpc) is 2.72. The Kier molecular flexibility index (Phi) is 4.45. The summed E-state index contributed by atoms with van der Waals surface area (Å²) in [7, 11) is 2.12. The number of carbonyl (C=O) groups excluding carboxylic acids is 1. The maximum atomic E-state index is 13.0.